The number of nitrogens with one attached hydrogen (secondary N) is 1. The van der Waals surface area contributed by atoms with Gasteiger partial charge in [0.1, 0.15) is 11.9 Å². The van der Waals surface area contributed by atoms with E-state index in [1.54, 1.807) is 24.5 Å². The lowest BCUT2D eigenvalue weighted by atomic mass is 9.99. The van der Waals surface area contributed by atoms with Crippen molar-refractivity contribution in [2.75, 3.05) is 6.61 Å². The van der Waals surface area contributed by atoms with Gasteiger partial charge in [-0.15, -0.1) is 0 Å². The molecule has 3 rings (SSSR count). The highest BCUT2D eigenvalue weighted by atomic mass is 19.1. The van der Waals surface area contributed by atoms with Gasteiger partial charge in [0.2, 0.25) is 5.91 Å². The van der Waals surface area contributed by atoms with Gasteiger partial charge in [0.15, 0.2) is 0 Å². The number of benzene rings is 1. The summed E-state index contributed by atoms with van der Waals surface area (Å²) < 4.78 is 18.6. The van der Waals surface area contributed by atoms with Crippen molar-refractivity contribution in [3.05, 3.63) is 65.7 Å². The van der Waals surface area contributed by atoms with E-state index in [0.29, 0.717) is 6.61 Å². The van der Waals surface area contributed by atoms with Gasteiger partial charge in [-0.2, -0.15) is 0 Å². The summed E-state index contributed by atoms with van der Waals surface area (Å²) in [6.07, 6.45) is 4.57. The van der Waals surface area contributed by atoms with Crippen LogP contribution in [0.15, 0.2) is 48.8 Å². The van der Waals surface area contributed by atoms with Crippen LogP contribution < -0.4 is 5.32 Å². The molecule has 22 heavy (non-hydrogen) atoms. The van der Waals surface area contributed by atoms with Crippen molar-refractivity contribution in [2.24, 2.45) is 0 Å². The van der Waals surface area contributed by atoms with Crippen LogP contribution in [-0.2, 0) is 9.53 Å². The van der Waals surface area contributed by atoms with E-state index in [1.807, 2.05) is 12.1 Å². The molecule has 0 bridgehead atoms. The third kappa shape index (κ3) is 3.31. The summed E-state index contributed by atoms with van der Waals surface area (Å²) in [6.45, 7) is 0.620. The number of carbonyl (C=O) groups is 1. The summed E-state index contributed by atoms with van der Waals surface area (Å²) in [6, 6.07) is 9.46. The van der Waals surface area contributed by atoms with E-state index < -0.39 is 6.10 Å². The summed E-state index contributed by atoms with van der Waals surface area (Å²) in [4.78, 5) is 16.3. The Morgan fingerprint density at radius 2 is 1.86 bits per heavy atom. The van der Waals surface area contributed by atoms with Crippen LogP contribution in [0.5, 0.6) is 0 Å². The van der Waals surface area contributed by atoms with Gasteiger partial charge >= 0.3 is 0 Å². The topological polar surface area (TPSA) is 51.2 Å². The van der Waals surface area contributed by atoms with Crippen LogP contribution in [0.3, 0.4) is 0 Å². The molecule has 4 nitrogen and oxygen atoms in total. The van der Waals surface area contributed by atoms with E-state index in [2.05, 4.69) is 10.3 Å². The molecule has 1 aromatic carbocycles. The van der Waals surface area contributed by atoms with Gasteiger partial charge in [0.05, 0.1) is 6.04 Å². The van der Waals surface area contributed by atoms with Crippen LogP contribution in [0.25, 0.3) is 0 Å². The van der Waals surface area contributed by atoms with Crippen molar-refractivity contribution in [1.82, 2.24) is 10.3 Å². The van der Waals surface area contributed by atoms with E-state index in [-0.39, 0.29) is 17.8 Å². The van der Waals surface area contributed by atoms with Gasteiger partial charge in [-0.3, -0.25) is 9.78 Å². The molecule has 5 heteroatoms. The second-order valence-electron chi connectivity index (χ2n) is 5.28. The molecule has 0 spiro atoms. The maximum atomic E-state index is 13.1. The van der Waals surface area contributed by atoms with E-state index in [9.17, 15) is 9.18 Å². The lowest BCUT2D eigenvalue weighted by Gasteiger charge is -2.21. The Bertz CT molecular complexity index is 625. The van der Waals surface area contributed by atoms with E-state index >= 15 is 0 Å². The molecular weight excluding hydrogens is 283 g/mol. The van der Waals surface area contributed by atoms with Gasteiger partial charge in [0.25, 0.3) is 0 Å². The first-order valence-corrected chi connectivity index (χ1v) is 7.31. The Morgan fingerprint density at radius 3 is 2.50 bits per heavy atom. The smallest absolute Gasteiger partial charge is 0.249 e. The number of amides is 1. The highest BCUT2D eigenvalue weighted by molar-refractivity contribution is 5.81. The predicted octanol–water partition coefficient (Wildman–Crippen LogP) is 2.61. The number of pyridine rings is 1. The third-order valence-electron chi connectivity index (χ3n) is 3.75. The van der Waals surface area contributed by atoms with Crippen LogP contribution in [0, 0.1) is 5.82 Å². The molecule has 0 saturated carbocycles. The summed E-state index contributed by atoms with van der Waals surface area (Å²) in [7, 11) is 0. The van der Waals surface area contributed by atoms with Crippen molar-refractivity contribution in [2.45, 2.75) is 25.0 Å². The molecule has 1 amide bonds. The molecule has 1 saturated heterocycles. The number of halogens is 1. The van der Waals surface area contributed by atoms with Crippen LogP contribution in [0.1, 0.15) is 30.0 Å². The van der Waals surface area contributed by atoms with E-state index in [0.717, 1.165) is 24.0 Å². The van der Waals surface area contributed by atoms with Crippen LogP contribution in [0.4, 0.5) is 4.39 Å². The average Bonchev–Trinajstić information content (AvgIpc) is 3.09. The second kappa shape index (κ2) is 6.66. The molecule has 0 radical (unpaired) electrons. The van der Waals surface area contributed by atoms with Gasteiger partial charge < -0.3 is 10.1 Å². The van der Waals surface area contributed by atoms with Gasteiger partial charge in [-0.25, -0.2) is 4.39 Å². The number of hydrogen-bond donors (Lipinski definition) is 1. The van der Waals surface area contributed by atoms with Crippen molar-refractivity contribution < 1.29 is 13.9 Å². The number of ether oxygens (including phenoxy) is 1. The van der Waals surface area contributed by atoms with Crippen LogP contribution >= 0.6 is 0 Å². The van der Waals surface area contributed by atoms with Crippen LogP contribution in [0.2, 0.25) is 0 Å². The lowest BCUT2D eigenvalue weighted by molar-refractivity contribution is -0.130. The average molecular weight is 300 g/mol. The minimum absolute atomic E-state index is 0.136. The SMILES string of the molecule is O=C(NC(c1ccncc1)c1ccc(F)cc1)C1CCCO1. The molecule has 1 fully saturated rings. The minimum Gasteiger partial charge on any atom is -0.368 e. The molecule has 1 aliphatic heterocycles. The first kappa shape index (κ1) is 14.7. The zero-order chi connectivity index (χ0) is 15.4. The summed E-state index contributed by atoms with van der Waals surface area (Å²) in [5.41, 5.74) is 1.71. The molecule has 2 heterocycles. The first-order chi connectivity index (χ1) is 10.7. The Hall–Kier alpha value is -2.27. The second-order valence-corrected chi connectivity index (χ2v) is 5.28. The highest BCUT2D eigenvalue weighted by Crippen LogP contribution is 2.23. The number of carbonyl (C=O) groups excluding carboxylic acids is 1. The van der Waals surface area contributed by atoms with E-state index in [4.69, 9.17) is 4.74 Å². The summed E-state index contributed by atoms with van der Waals surface area (Å²) >= 11 is 0. The van der Waals surface area contributed by atoms with Crippen molar-refractivity contribution in [3.8, 4) is 0 Å². The number of hydrogen-bond acceptors (Lipinski definition) is 3. The fraction of sp³-hybridized carbons (Fsp3) is 0.294. The Balaban J connectivity index is 1.86. The molecular formula is C17H17FN2O2. The fourth-order valence-corrected chi connectivity index (χ4v) is 2.59. The zero-order valence-electron chi connectivity index (χ0n) is 12.0. The van der Waals surface area contributed by atoms with Gasteiger partial charge in [0, 0.05) is 19.0 Å². The van der Waals surface area contributed by atoms with Crippen LogP contribution in [-0.4, -0.2) is 23.6 Å². The normalized spacial score (nSPS) is 18.9. The third-order valence-corrected chi connectivity index (χ3v) is 3.75. The molecule has 2 unspecified atom stereocenters. The van der Waals surface area contributed by atoms with E-state index in [1.165, 1.54) is 12.1 Å². The molecule has 1 aromatic heterocycles. The summed E-state index contributed by atoms with van der Waals surface area (Å²) in [5.74, 6) is -0.439. The highest BCUT2D eigenvalue weighted by Gasteiger charge is 2.26. The largest absolute Gasteiger partial charge is 0.368 e. The van der Waals surface area contributed by atoms with Crippen molar-refractivity contribution >= 4 is 5.91 Å². The number of nitrogens with zero attached hydrogens (tertiary/aromatic N) is 1. The fourth-order valence-electron chi connectivity index (χ4n) is 2.59. The number of rotatable bonds is 4. The molecule has 2 aromatic rings. The maximum Gasteiger partial charge on any atom is 0.249 e. The Labute approximate surface area is 128 Å². The summed E-state index contributed by atoms with van der Waals surface area (Å²) in [5, 5.41) is 3.00. The zero-order valence-corrected chi connectivity index (χ0v) is 12.0. The molecule has 1 N–H and O–H groups in total. The predicted molar refractivity (Wildman–Crippen MR) is 79.6 cm³/mol. The monoisotopic (exact) mass is 300 g/mol. The molecule has 1 aliphatic rings. The standard InChI is InChI=1S/C17H17FN2O2/c18-14-5-3-12(4-6-14)16(13-7-9-19-10-8-13)20-17(21)15-2-1-11-22-15/h3-10,15-16H,1-2,11H2,(H,20,21). The lowest BCUT2D eigenvalue weighted by Crippen LogP contribution is -2.37. The van der Waals surface area contributed by atoms with Gasteiger partial charge in [-0.05, 0) is 48.2 Å². The molecule has 0 aliphatic carbocycles. The maximum absolute atomic E-state index is 13.1. The Kier molecular flexibility index (Phi) is 4.44. The minimum atomic E-state index is -0.398. The molecule has 2 atom stereocenters. The Morgan fingerprint density at radius 1 is 1.18 bits per heavy atom. The van der Waals surface area contributed by atoms with Gasteiger partial charge in [-0.1, -0.05) is 12.1 Å². The molecule has 114 valence electrons. The quantitative estimate of drug-likeness (QED) is 0.944. The number of aromatic nitrogens is 1. The van der Waals surface area contributed by atoms with Crippen molar-refractivity contribution in [3.63, 3.8) is 0 Å². The first-order valence-electron chi connectivity index (χ1n) is 7.31. The van der Waals surface area contributed by atoms with Crippen molar-refractivity contribution in [1.29, 1.82) is 0 Å².